The molecule has 1 atom stereocenters. The van der Waals surface area contributed by atoms with Crippen LogP contribution in [0.15, 0.2) is 17.7 Å². The molecule has 2 aliphatic carbocycles. The highest BCUT2D eigenvalue weighted by molar-refractivity contribution is 6.31. The van der Waals surface area contributed by atoms with Crippen molar-refractivity contribution in [2.75, 3.05) is 0 Å². The van der Waals surface area contributed by atoms with Crippen molar-refractivity contribution in [2.45, 2.75) is 32.5 Å². The van der Waals surface area contributed by atoms with Crippen LogP contribution in [0.2, 0.25) is 5.02 Å². The van der Waals surface area contributed by atoms with Gasteiger partial charge in [-0.05, 0) is 66.4 Å². The first-order chi connectivity index (χ1) is 10.5. The van der Waals surface area contributed by atoms with E-state index in [9.17, 15) is 4.79 Å². The SMILES string of the molecule is [2H]c1c(C)c(Cl)cc2c1CC1=C2C([2H])([2H])CC([2H])([2H])C1C(N)=O. The van der Waals surface area contributed by atoms with Crippen molar-refractivity contribution in [3.63, 3.8) is 0 Å². The maximum absolute atomic E-state index is 11.8. The van der Waals surface area contributed by atoms with Gasteiger partial charge in [-0.1, -0.05) is 17.6 Å². The number of benzene rings is 1. The third kappa shape index (κ3) is 1.67. The monoisotopic (exact) mass is 266 g/mol. The van der Waals surface area contributed by atoms with E-state index in [0.717, 1.165) is 0 Å². The van der Waals surface area contributed by atoms with Crippen LogP contribution < -0.4 is 5.73 Å². The predicted molar refractivity (Wildman–Crippen MR) is 73.3 cm³/mol. The van der Waals surface area contributed by atoms with Gasteiger partial charge in [-0.15, -0.1) is 0 Å². The van der Waals surface area contributed by atoms with Crippen molar-refractivity contribution in [1.82, 2.24) is 0 Å². The van der Waals surface area contributed by atoms with Gasteiger partial charge in [0.15, 0.2) is 0 Å². The number of nitrogens with two attached hydrogens (primary N) is 1. The van der Waals surface area contributed by atoms with Crippen molar-refractivity contribution in [3.8, 4) is 0 Å². The van der Waals surface area contributed by atoms with Crippen LogP contribution >= 0.6 is 11.6 Å². The van der Waals surface area contributed by atoms with Gasteiger partial charge >= 0.3 is 0 Å². The van der Waals surface area contributed by atoms with Crippen LogP contribution in [0, 0.1) is 12.8 Å². The molecule has 0 aliphatic heterocycles. The zero-order valence-corrected chi connectivity index (χ0v) is 10.7. The Balaban J connectivity index is 2.30. The van der Waals surface area contributed by atoms with E-state index in [1.165, 1.54) is 0 Å². The van der Waals surface area contributed by atoms with E-state index in [1.54, 1.807) is 13.0 Å². The lowest BCUT2D eigenvalue weighted by Gasteiger charge is -2.22. The summed E-state index contributed by atoms with van der Waals surface area (Å²) in [6.07, 6.45) is -4.29. The van der Waals surface area contributed by atoms with Crippen LogP contribution in [-0.4, -0.2) is 5.91 Å². The Morgan fingerprint density at radius 3 is 3.17 bits per heavy atom. The van der Waals surface area contributed by atoms with Crippen molar-refractivity contribution in [2.24, 2.45) is 11.7 Å². The van der Waals surface area contributed by atoms with Crippen LogP contribution in [0.25, 0.3) is 5.57 Å². The fourth-order valence-corrected chi connectivity index (χ4v) is 2.74. The maximum atomic E-state index is 11.8. The summed E-state index contributed by atoms with van der Waals surface area (Å²) < 4.78 is 41.0. The number of allylic oxidation sites excluding steroid dienone is 1. The number of halogens is 1. The largest absolute Gasteiger partial charge is 0.369 e. The molecule has 0 spiro atoms. The average molecular weight is 267 g/mol. The number of rotatable bonds is 1. The summed E-state index contributed by atoms with van der Waals surface area (Å²) in [6.45, 7) is 1.71. The molecule has 1 unspecified atom stereocenters. The van der Waals surface area contributed by atoms with E-state index < -0.39 is 31.0 Å². The highest BCUT2D eigenvalue weighted by Gasteiger charge is 2.33. The van der Waals surface area contributed by atoms with Gasteiger partial charge in [0.25, 0.3) is 0 Å². The molecule has 0 aromatic heterocycles. The lowest BCUT2D eigenvalue weighted by molar-refractivity contribution is -0.121. The summed E-state index contributed by atoms with van der Waals surface area (Å²) in [7, 11) is 0. The molecule has 3 heteroatoms. The van der Waals surface area contributed by atoms with Gasteiger partial charge in [0.05, 0.1) is 7.29 Å². The van der Waals surface area contributed by atoms with E-state index in [0.29, 0.717) is 27.3 Å². The van der Waals surface area contributed by atoms with Gasteiger partial charge < -0.3 is 5.73 Å². The molecule has 94 valence electrons. The van der Waals surface area contributed by atoms with E-state index in [1.807, 2.05) is 0 Å². The van der Waals surface area contributed by atoms with Gasteiger partial charge in [-0.3, -0.25) is 4.79 Å². The molecule has 0 fully saturated rings. The van der Waals surface area contributed by atoms with E-state index in [4.69, 9.17) is 24.2 Å². The molecular weight excluding hydrogens is 246 g/mol. The van der Waals surface area contributed by atoms with Crippen LogP contribution in [0.4, 0.5) is 0 Å². The van der Waals surface area contributed by atoms with E-state index in [-0.39, 0.29) is 18.0 Å². The Labute approximate surface area is 119 Å². The number of carbonyl (C=O) groups is 1. The zero-order valence-electron chi connectivity index (χ0n) is 14.9. The number of fused-ring (bicyclic) bond motifs is 2. The molecule has 1 amide bonds. The summed E-state index contributed by atoms with van der Waals surface area (Å²) in [5.74, 6) is -1.99. The first-order valence-corrected chi connectivity index (χ1v) is 6.17. The average Bonchev–Trinajstić information content (AvgIpc) is 2.73. The minimum Gasteiger partial charge on any atom is -0.369 e. The minimum absolute atomic E-state index is 0.161. The van der Waals surface area contributed by atoms with Gasteiger partial charge in [-0.2, -0.15) is 0 Å². The van der Waals surface area contributed by atoms with Crippen LogP contribution in [0.1, 0.15) is 42.7 Å². The van der Waals surface area contributed by atoms with E-state index in [2.05, 4.69) is 0 Å². The number of carbonyl (C=O) groups excluding carboxylic acids is 1. The van der Waals surface area contributed by atoms with Gasteiger partial charge in [0.2, 0.25) is 5.91 Å². The van der Waals surface area contributed by atoms with Crippen molar-refractivity contribution < 1.29 is 11.6 Å². The summed E-state index contributed by atoms with van der Waals surface area (Å²) in [4.78, 5) is 11.8. The number of hydrogen-bond acceptors (Lipinski definition) is 1. The lowest BCUT2D eigenvalue weighted by atomic mass is 9.82. The highest BCUT2D eigenvalue weighted by Crippen LogP contribution is 2.45. The molecule has 0 heterocycles. The van der Waals surface area contributed by atoms with Crippen molar-refractivity contribution in [1.29, 1.82) is 0 Å². The second kappa shape index (κ2) is 4.13. The fraction of sp³-hybridized carbons (Fsp3) is 0.400. The molecule has 0 radical (unpaired) electrons. The molecular formula is C15H16ClNO. The summed E-state index contributed by atoms with van der Waals surface area (Å²) in [6, 6.07) is 1.82. The molecule has 18 heavy (non-hydrogen) atoms. The standard InChI is InChI=1S/C15H16ClNO/c1-8-5-9-6-13-10(12(9)7-14(8)16)3-2-4-11(13)15(17)18/h5,7,11H,2-4,6H2,1H3,(H2,17,18)/i3D2,4D2,5D. The van der Waals surface area contributed by atoms with Gasteiger partial charge in [0, 0.05) is 10.5 Å². The number of primary amides is 1. The van der Waals surface area contributed by atoms with Crippen LogP contribution in [0.3, 0.4) is 0 Å². The molecule has 2 nitrogen and oxygen atoms in total. The first kappa shape index (κ1) is 7.34. The minimum atomic E-state index is -2.06. The van der Waals surface area contributed by atoms with E-state index >= 15 is 0 Å². The normalized spacial score (nSPS) is 31.4. The van der Waals surface area contributed by atoms with Gasteiger partial charge in [0.1, 0.15) is 0 Å². The molecule has 0 saturated carbocycles. The third-order valence-electron chi connectivity index (χ3n) is 3.45. The molecule has 2 N–H and O–H groups in total. The first-order valence-electron chi connectivity index (χ1n) is 8.29. The lowest BCUT2D eigenvalue weighted by Crippen LogP contribution is -2.27. The molecule has 0 bridgehead atoms. The second-order valence-corrected chi connectivity index (χ2v) is 5.01. The Morgan fingerprint density at radius 1 is 1.67 bits per heavy atom. The Bertz CT molecular complexity index is 772. The zero-order chi connectivity index (χ0) is 17.3. The molecule has 2 aliphatic rings. The quantitative estimate of drug-likeness (QED) is 0.833. The second-order valence-electron chi connectivity index (χ2n) is 4.60. The third-order valence-corrected chi connectivity index (χ3v) is 3.85. The van der Waals surface area contributed by atoms with Crippen molar-refractivity contribution >= 4 is 23.1 Å². The smallest absolute Gasteiger partial charge is 0.224 e. The molecule has 0 saturated heterocycles. The summed E-state index contributed by atoms with van der Waals surface area (Å²) >= 11 is 6.15. The van der Waals surface area contributed by atoms with Crippen LogP contribution in [0.5, 0.6) is 0 Å². The Hall–Kier alpha value is -1.28. The summed E-state index contributed by atoms with van der Waals surface area (Å²) in [5, 5.41) is 0.363. The maximum Gasteiger partial charge on any atom is 0.224 e. The number of hydrogen-bond donors (Lipinski definition) is 1. The number of amides is 1. The Kier molecular flexibility index (Phi) is 1.68. The summed E-state index contributed by atoms with van der Waals surface area (Å²) in [5.41, 5.74) is 7.72. The molecule has 1 aromatic rings. The topological polar surface area (TPSA) is 43.1 Å². The molecule has 3 rings (SSSR count). The fourth-order valence-electron chi connectivity index (χ4n) is 2.58. The van der Waals surface area contributed by atoms with Crippen molar-refractivity contribution in [3.05, 3.63) is 39.4 Å². The Morgan fingerprint density at radius 2 is 2.44 bits per heavy atom. The molecule has 1 aromatic carbocycles. The predicted octanol–water partition coefficient (Wildman–Crippen LogP) is 3.24. The van der Waals surface area contributed by atoms with Gasteiger partial charge in [-0.25, -0.2) is 0 Å². The highest BCUT2D eigenvalue weighted by atomic mass is 35.5. The van der Waals surface area contributed by atoms with Crippen LogP contribution in [-0.2, 0) is 11.2 Å².